The maximum Gasteiger partial charge on any atom is 0.227 e. The predicted octanol–water partition coefficient (Wildman–Crippen LogP) is 2.07. The van der Waals surface area contributed by atoms with Crippen molar-refractivity contribution in [2.24, 2.45) is 0 Å². The Labute approximate surface area is 132 Å². The molecule has 0 aliphatic carbocycles. The maximum absolute atomic E-state index is 5.91. The van der Waals surface area contributed by atoms with Crippen molar-refractivity contribution in [1.29, 1.82) is 0 Å². The van der Waals surface area contributed by atoms with Crippen LogP contribution in [0.25, 0.3) is 0 Å². The van der Waals surface area contributed by atoms with Gasteiger partial charge >= 0.3 is 0 Å². The molecular weight excluding hydrogens is 280 g/mol. The van der Waals surface area contributed by atoms with Crippen LogP contribution < -0.4 is 10.2 Å². The summed E-state index contributed by atoms with van der Waals surface area (Å²) in [6, 6.07) is 2.28. The molecule has 1 N–H and O–H groups in total. The molecule has 3 rings (SSSR count). The summed E-state index contributed by atoms with van der Waals surface area (Å²) in [4.78, 5) is 11.4. The highest BCUT2D eigenvalue weighted by atomic mass is 16.5. The lowest BCUT2D eigenvalue weighted by molar-refractivity contribution is -0.0177. The maximum atomic E-state index is 5.91. The van der Waals surface area contributed by atoms with Crippen LogP contribution in [0.15, 0.2) is 12.3 Å². The Kier molecular flexibility index (Phi) is 5.10. The van der Waals surface area contributed by atoms with E-state index in [0.717, 1.165) is 57.3 Å². The van der Waals surface area contributed by atoms with Gasteiger partial charge < -0.3 is 19.7 Å². The fourth-order valence-electron chi connectivity index (χ4n) is 3.08. The average Bonchev–Trinajstić information content (AvgIpc) is 2.55. The van der Waals surface area contributed by atoms with Gasteiger partial charge in [-0.1, -0.05) is 6.92 Å². The predicted molar refractivity (Wildman–Crippen MR) is 86.3 cm³/mol. The van der Waals surface area contributed by atoms with E-state index in [9.17, 15) is 0 Å². The summed E-state index contributed by atoms with van der Waals surface area (Å²) in [7, 11) is 0. The Bertz CT molecular complexity index is 479. The van der Waals surface area contributed by atoms with Crippen molar-refractivity contribution in [2.45, 2.75) is 51.4 Å². The summed E-state index contributed by atoms with van der Waals surface area (Å²) < 4.78 is 11.4. The first-order valence-electron chi connectivity index (χ1n) is 8.32. The van der Waals surface area contributed by atoms with E-state index >= 15 is 0 Å². The van der Waals surface area contributed by atoms with Crippen LogP contribution in [0.5, 0.6) is 0 Å². The van der Waals surface area contributed by atoms with Crippen LogP contribution in [-0.2, 0) is 9.47 Å². The summed E-state index contributed by atoms with van der Waals surface area (Å²) >= 11 is 0. The van der Waals surface area contributed by atoms with Gasteiger partial charge in [0.2, 0.25) is 5.95 Å². The molecule has 0 unspecified atom stereocenters. The second kappa shape index (κ2) is 7.24. The van der Waals surface area contributed by atoms with Crippen molar-refractivity contribution in [1.82, 2.24) is 9.97 Å². The van der Waals surface area contributed by atoms with Crippen LogP contribution in [-0.4, -0.2) is 54.5 Å². The standard InChI is InChI=1S/C16H26N4O2/c1-3-14-10-20(9-12(2)22-14)16-17-7-6-15(19-16)18-13-5-4-8-21-11-13/h6-7,12-14H,3-5,8-11H2,1-2H3,(H,17,18,19)/t12-,13-,14+/m0/s1. The molecule has 2 aliphatic rings. The number of nitrogens with one attached hydrogen (secondary N) is 1. The molecule has 6 heteroatoms. The van der Waals surface area contributed by atoms with E-state index in [1.807, 2.05) is 12.3 Å². The van der Waals surface area contributed by atoms with Crippen LogP contribution >= 0.6 is 0 Å². The molecule has 2 saturated heterocycles. The van der Waals surface area contributed by atoms with Crippen molar-refractivity contribution in [3.05, 3.63) is 12.3 Å². The first-order valence-corrected chi connectivity index (χ1v) is 8.32. The van der Waals surface area contributed by atoms with Gasteiger partial charge in [-0.3, -0.25) is 0 Å². The molecule has 1 aromatic rings. The van der Waals surface area contributed by atoms with E-state index in [0.29, 0.717) is 6.04 Å². The monoisotopic (exact) mass is 306 g/mol. The second-order valence-corrected chi connectivity index (χ2v) is 6.18. The topological polar surface area (TPSA) is 59.5 Å². The first-order chi connectivity index (χ1) is 10.7. The molecular formula is C16H26N4O2. The van der Waals surface area contributed by atoms with E-state index in [2.05, 4.69) is 34.0 Å². The lowest BCUT2D eigenvalue weighted by atomic mass is 10.1. The number of ether oxygens (including phenoxy) is 2. The smallest absolute Gasteiger partial charge is 0.227 e. The summed E-state index contributed by atoms with van der Waals surface area (Å²) in [6.07, 6.45) is 5.55. The molecule has 2 aliphatic heterocycles. The minimum absolute atomic E-state index is 0.214. The van der Waals surface area contributed by atoms with E-state index in [4.69, 9.17) is 9.47 Å². The van der Waals surface area contributed by atoms with Gasteiger partial charge in [-0.15, -0.1) is 0 Å². The van der Waals surface area contributed by atoms with Crippen molar-refractivity contribution >= 4 is 11.8 Å². The highest BCUT2D eigenvalue weighted by Gasteiger charge is 2.26. The molecule has 6 nitrogen and oxygen atoms in total. The summed E-state index contributed by atoms with van der Waals surface area (Å²) in [5.74, 6) is 1.67. The molecule has 0 radical (unpaired) electrons. The normalized spacial score (nSPS) is 29.4. The van der Waals surface area contributed by atoms with E-state index < -0.39 is 0 Å². The van der Waals surface area contributed by atoms with E-state index in [1.54, 1.807) is 0 Å². The van der Waals surface area contributed by atoms with E-state index in [1.165, 1.54) is 0 Å². The summed E-state index contributed by atoms with van der Waals surface area (Å²) in [5, 5.41) is 3.46. The summed E-state index contributed by atoms with van der Waals surface area (Å²) in [6.45, 7) is 7.59. The second-order valence-electron chi connectivity index (χ2n) is 6.18. The third-order valence-electron chi connectivity index (χ3n) is 4.22. The largest absolute Gasteiger partial charge is 0.379 e. The number of aromatic nitrogens is 2. The van der Waals surface area contributed by atoms with Gasteiger partial charge in [0.15, 0.2) is 0 Å². The van der Waals surface area contributed by atoms with Crippen LogP contribution in [0, 0.1) is 0 Å². The zero-order valence-electron chi connectivity index (χ0n) is 13.5. The Morgan fingerprint density at radius 3 is 3.09 bits per heavy atom. The molecule has 3 heterocycles. The highest BCUT2D eigenvalue weighted by Crippen LogP contribution is 2.20. The average molecular weight is 306 g/mol. The quantitative estimate of drug-likeness (QED) is 0.919. The number of rotatable bonds is 4. The SMILES string of the molecule is CC[C@@H]1CN(c2nccc(N[C@H]3CCCOC3)n2)C[C@H](C)O1. The van der Waals surface area contributed by atoms with Gasteiger partial charge in [0, 0.05) is 25.9 Å². The van der Waals surface area contributed by atoms with Crippen LogP contribution in [0.2, 0.25) is 0 Å². The van der Waals surface area contributed by atoms with Crippen LogP contribution in [0.4, 0.5) is 11.8 Å². The van der Waals surface area contributed by atoms with Gasteiger partial charge in [-0.25, -0.2) is 4.98 Å². The zero-order valence-corrected chi connectivity index (χ0v) is 13.5. The Morgan fingerprint density at radius 1 is 1.41 bits per heavy atom. The highest BCUT2D eigenvalue weighted by molar-refractivity contribution is 5.42. The molecule has 0 spiro atoms. The van der Waals surface area contributed by atoms with Gasteiger partial charge in [0.25, 0.3) is 0 Å². The minimum Gasteiger partial charge on any atom is -0.379 e. The molecule has 3 atom stereocenters. The molecule has 0 bridgehead atoms. The van der Waals surface area contributed by atoms with Crippen molar-refractivity contribution < 1.29 is 9.47 Å². The van der Waals surface area contributed by atoms with Gasteiger partial charge in [0.05, 0.1) is 24.9 Å². The molecule has 0 aromatic carbocycles. The van der Waals surface area contributed by atoms with Crippen molar-refractivity contribution in [3.8, 4) is 0 Å². The Balaban J connectivity index is 1.67. The number of nitrogens with zero attached hydrogens (tertiary/aromatic N) is 3. The van der Waals surface area contributed by atoms with Crippen LogP contribution in [0.1, 0.15) is 33.1 Å². The molecule has 22 heavy (non-hydrogen) atoms. The van der Waals surface area contributed by atoms with Gasteiger partial charge in [0.1, 0.15) is 5.82 Å². The van der Waals surface area contributed by atoms with Crippen LogP contribution in [0.3, 0.4) is 0 Å². The minimum atomic E-state index is 0.214. The third-order valence-corrected chi connectivity index (χ3v) is 4.22. The lowest BCUT2D eigenvalue weighted by Gasteiger charge is -2.36. The number of morpholine rings is 1. The molecule has 1 aromatic heterocycles. The van der Waals surface area contributed by atoms with Gasteiger partial charge in [-0.05, 0) is 32.3 Å². The zero-order chi connectivity index (χ0) is 15.4. The lowest BCUT2D eigenvalue weighted by Crippen LogP contribution is -2.47. The number of hydrogen-bond acceptors (Lipinski definition) is 6. The Morgan fingerprint density at radius 2 is 2.32 bits per heavy atom. The molecule has 122 valence electrons. The summed E-state index contributed by atoms with van der Waals surface area (Å²) in [5.41, 5.74) is 0. The number of anilines is 2. The molecule has 0 saturated carbocycles. The Hall–Kier alpha value is -1.40. The first kappa shape index (κ1) is 15.5. The molecule has 0 amide bonds. The van der Waals surface area contributed by atoms with E-state index in [-0.39, 0.29) is 12.2 Å². The van der Waals surface area contributed by atoms with Gasteiger partial charge in [-0.2, -0.15) is 4.98 Å². The fourth-order valence-corrected chi connectivity index (χ4v) is 3.08. The van der Waals surface area contributed by atoms with Crippen molar-refractivity contribution in [3.63, 3.8) is 0 Å². The molecule has 2 fully saturated rings. The number of hydrogen-bond donors (Lipinski definition) is 1. The van der Waals surface area contributed by atoms with Crippen molar-refractivity contribution in [2.75, 3.05) is 36.5 Å². The third kappa shape index (κ3) is 3.87. The fraction of sp³-hybridized carbons (Fsp3) is 0.750.